The van der Waals surface area contributed by atoms with Gasteiger partial charge in [-0.1, -0.05) is 30.4 Å². The lowest BCUT2D eigenvalue weighted by atomic mass is 9.95. The summed E-state index contributed by atoms with van der Waals surface area (Å²) in [5.74, 6) is 0.813. The number of rotatable bonds is 4. The van der Waals surface area contributed by atoms with E-state index in [0.29, 0.717) is 6.42 Å². The van der Waals surface area contributed by atoms with Gasteiger partial charge in [-0.2, -0.15) is 0 Å². The molecule has 0 aliphatic heterocycles. The largest absolute Gasteiger partial charge is 0.467 e. The maximum Gasteiger partial charge on any atom is 0.188 e. The van der Waals surface area contributed by atoms with Crippen LogP contribution in [0.1, 0.15) is 17.9 Å². The highest BCUT2D eigenvalue weighted by molar-refractivity contribution is 5.40. The number of methoxy groups -OCH3 is 1. The highest BCUT2D eigenvalue weighted by atomic mass is 16.7. The van der Waals surface area contributed by atoms with Crippen LogP contribution in [0.3, 0.4) is 0 Å². The van der Waals surface area contributed by atoms with Crippen LogP contribution in [0.4, 0.5) is 0 Å². The van der Waals surface area contributed by atoms with E-state index in [1.165, 1.54) is 0 Å². The molecule has 1 N–H and O–H groups in total. The van der Waals surface area contributed by atoms with Crippen LogP contribution in [0, 0.1) is 0 Å². The Morgan fingerprint density at radius 2 is 2.19 bits per heavy atom. The Morgan fingerprint density at radius 3 is 2.88 bits per heavy atom. The molecule has 16 heavy (non-hydrogen) atoms. The van der Waals surface area contributed by atoms with Crippen molar-refractivity contribution >= 4 is 0 Å². The number of benzene rings is 1. The smallest absolute Gasteiger partial charge is 0.188 e. The van der Waals surface area contributed by atoms with E-state index in [-0.39, 0.29) is 18.8 Å². The maximum absolute atomic E-state index is 9.84. The van der Waals surface area contributed by atoms with Crippen molar-refractivity contribution in [3.8, 4) is 5.75 Å². The molecule has 1 aromatic carbocycles. The zero-order chi connectivity index (χ0) is 11.4. The van der Waals surface area contributed by atoms with E-state index in [9.17, 15) is 5.11 Å². The molecule has 3 nitrogen and oxygen atoms in total. The summed E-state index contributed by atoms with van der Waals surface area (Å²) in [7, 11) is 1.59. The number of aliphatic hydroxyl groups excluding tert-OH is 1. The molecule has 0 radical (unpaired) electrons. The van der Waals surface area contributed by atoms with E-state index in [1.54, 1.807) is 7.11 Å². The predicted molar refractivity (Wildman–Crippen MR) is 61.5 cm³/mol. The molecule has 0 bridgehead atoms. The molecule has 2 rings (SSSR count). The van der Waals surface area contributed by atoms with Crippen molar-refractivity contribution in [1.29, 1.82) is 0 Å². The number of ether oxygens (including phenoxy) is 2. The standard InChI is InChI=1S/C13H16O3/c1-15-9-16-13-8-3-2-5-11(13)10-6-4-7-12(10)14/h2-6,8,10,12,14H,7,9H2,1H3/t10-,12+/m0/s1. The zero-order valence-electron chi connectivity index (χ0n) is 9.30. The molecular formula is C13H16O3. The Morgan fingerprint density at radius 1 is 1.38 bits per heavy atom. The third kappa shape index (κ3) is 2.26. The third-order valence-corrected chi connectivity index (χ3v) is 2.75. The van der Waals surface area contributed by atoms with E-state index >= 15 is 0 Å². The van der Waals surface area contributed by atoms with E-state index in [1.807, 2.05) is 36.4 Å². The molecule has 1 aromatic rings. The minimum Gasteiger partial charge on any atom is -0.467 e. The second kappa shape index (κ2) is 5.14. The fourth-order valence-corrected chi connectivity index (χ4v) is 1.96. The minimum atomic E-state index is -0.340. The topological polar surface area (TPSA) is 38.7 Å². The van der Waals surface area contributed by atoms with Crippen LogP contribution in [-0.4, -0.2) is 25.1 Å². The van der Waals surface area contributed by atoms with E-state index in [2.05, 4.69) is 0 Å². The summed E-state index contributed by atoms with van der Waals surface area (Å²) in [5.41, 5.74) is 1.01. The van der Waals surface area contributed by atoms with Crippen LogP contribution >= 0.6 is 0 Å². The van der Waals surface area contributed by atoms with Gasteiger partial charge in [0.2, 0.25) is 0 Å². The van der Waals surface area contributed by atoms with Gasteiger partial charge in [0.15, 0.2) is 6.79 Å². The number of hydrogen-bond donors (Lipinski definition) is 1. The van der Waals surface area contributed by atoms with Gasteiger partial charge in [0.25, 0.3) is 0 Å². The van der Waals surface area contributed by atoms with Crippen molar-refractivity contribution in [1.82, 2.24) is 0 Å². The van der Waals surface area contributed by atoms with E-state index in [0.717, 1.165) is 11.3 Å². The summed E-state index contributed by atoms with van der Waals surface area (Å²) < 4.78 is 10.4. The molecule has 0 heterocycles. The van der Waals surface area contributed by atoms with Gasteiger partial charge in [-0.15, -0.1) is 0 Å². The van der Waals surface area contributed by atoms with Crippen molar-refractivity contribution in [2.75, 3.05) is 13.9 Å². The lowest BCUT2D eigenvalue weighted by Gasteiger charge is -2.18. The second-order valence-corrected chi connectivity index (χ2v) is 3.85. The molecule has 0 saturated heterocycles. The molecule has 0 amide bonds. The van der Waals surface area contributed by atoms with Gasteiger partial charge in [0.05, 0.1) is 6.10 Å². The predicted octanol–water partition coefficient (Wildman–Crippen LogP) is 2.07. The minimum absolute atomic E-state index is 0.0352. The van der Waals surface area contributed by atoms with Gasteiger partial charge in [-0.3, -0.25) is 0 Å². The molecule has 0 spiro atoms. The lowest BCUT2D eigenvalue weighted by molar-refractivity contribution is 0.0496. The third-order valence-electron chi connectivity index (χ3n) is 2.75. The molecule has 0 fully saturated rings. The first-order chi connectivity index (χ1) is 7.83. The lowest BCUT2D eigenvalue weighted by Crippen LogP contribution is -2.13. The van der Waals surface area contributed by atoms with Crippen LogP contribution in [0.5, 0.6) is 5.75 Å². The molecule has 1 aliphatic rings. The highest BCUT2D eigenvalue weighted by Crippen LogP contribution is 2.34. The van der Waals surface area contributed by atoms with Crippen molar-refractivity contribution in [2.45, 2.75) is 18.4 Å². The maximum atomic E-state index is 9.84. The molecule has 2 atom stereocenters. The van der Waals surface area contributed by atoms with Gasteiger partial charge in [0.1, 0.15) is 5.75 Å². The van der Waals surface area contributed by atoms with Gasteiger partial charge < -0.3 is 14.6 Å². The summed E-state index contributed by atoms with van der Waals surface area (Å²) in [6.45, 7) is 0.226. The first-order valence-corrected chi connectivity index (χ1v) is 5.38. The van der Waals surface area contributed by atoms with Crippen molar-refractivity contribution in [2.24, 2.45) is 0 Å². The van der Waals surface area contributed by atoms with Crippen molar-refractivity contribution in [3.05, 3.63) is 42.0 Å². The Bertz CT molecular complexity index is 373. The number of hydrogen-bond acceptors (Lipinski definition) is 3. The molecule has 3 heteroatoms. The second-order valence-electron chi connectivity index (χ2n) is 3.85. The summed E-state index contributed by atoms with van der Waals surface area (Å²) in [6.07, 6.45) is 4.40. The summed E-state index contributed by atoms with van der Waals surface area (Å²) >= 11 is 0. The average Bonchev–Trinajstić information content (AvgIpc) is 2.73. The number of aliphatic hydroxyl groups is 1. The Labute approximate surface area is 95.3 Å². The number of para-hydroxylation sites is 1. The molecule has 1 aliphatic carbocycles. The van der Waals surface area contributed by atoms with Crippen LogP contribution in [-0.2, 0) is 4.74 Å². The average molecular weight is 220 g/mol. The van der Waals surface area contributed by atoms with E-state index < -0.39 is 0 Å². The fourth-order valence-electron chi connectivity index (χ4n) is 1.96. The summed E-state index contributed by atoms with van der Waals surface area (Å²) in [5, 5.41) is 9.84. The molecule has 0 saturated carbocycles. The first-order valence-electron chi connectivity index (χ1n) is 5.38. The van der Waals surface area contributed by atoms with Crippen LogP contribution in [0.15, 0.2) is 36.4 Å². The highest BCUT2D eigenvalue weighted by Gasteiger charge is 2.24. The van der Waals surface area contributed by atoms with Crippen LogP contribution in [0.2, 0.25) is 0 Å². The Kier molecular flexibility index (Phi) is 3.59. The fraction of sp³-hybridized carbons (Fsp3) is 0.385. The SMILES string of the molecule is COCOc1ccccc1[C@@H]1C=CC[C@H]1O. The monoisotopic (exact) mass is 220 g/mol. The van der Waals surface area contributed by atoms with E-state index in [4.69, 9.17) is 9.47 Å². The summed E-state index contributed by atoms with van der Waals surface area (Å²) in [6, 6.07) is 7.75. The van der Waals surface area contributed by atoms with Crippen molar-refractivity contribution < 1.29 is 14.6 Å². The molecule has 0 unspecified atom stereocenters. The summed E-state index contributed by atoms with van der Waals surface area (Å²) in [4.78, 5) is 0. The molecule has 86 valence electrons. The van der Waals surface area contributed by atoms with Crippen LogP contribution in [0.25, 0.3) is 0 Å². The van der Waals surface area contributed by atoms with Crippen LogP contribution < -0.4 is 4.74 Å². The van der Waals surface area contributed by atoms with Gasteiger partial charge >= 0.3 is 0 Å². The molecule has 0 aromatic heterocycles. The first kappa shape index (κ1) is 11.2. The van der Waals surface area contributed by atoms with Gasteiger partial charge in [-0.05, 0) is 12.5 Å². The van der Waals surface area contributed by atoms with Gasteiger partial charge in [-0.25, -0.2) is 0 Å². The van der Waals surface area contributed by atoms with Crippen molar-refractivity contribution in [3.63, 3.8) is 0 Å². The normalized spacial score (nSPS) is 23.6. The Balaban J connectivity index is 2.21. The zero-order valence-corrected chi connectivity index (χ0v) is 9.30. The Hall–Kier alpha value is -1.32. The molecular weight excluding hydrogens is 204 g/mol. The van der Waals surface area contributed by atoms with Gasteiger partial charge in [0, 0.05) is 18.6 Å². The quantitative estimate of drug-likeness (QED) is 0.623.